The molecule has 2 bridgehead atoms. The predicted molar refractivity (Wildman–Crippen MR) is 98.3 cm³/mol. The van der Waals surface area contributed by atoms with Crippen LogP contribution in [0.5, 0.6) is 0 Å². The number of hydrogen-bond donors (Lipinski definition) is 0. The molecule has 2 fully saturated rings. The third kappa shape index (κ3) is 2.22. The van der Waals surface area contributed by atoms with Crippen molar-refractivity contribution in [3.05, 3.63) is 34.9 Å². The van der Waals surface area contributed by atoms with Gasteiger partial charge in [-0.1, -0.05) is 20.8 Å². The van der Waals surface area contributed by atoms with Gasteiger partial charge in [0, 0.05) is 11.0 Å². The summed E-state index contributed by atoms with van der Waals surface area (Å²) in [6.45, 7) is 8.87. The summed E-state index contributed by atoms with van der Waals surface area (Å²) >= 11 is 0. The first-order valence-electron chi connectivity index (χ1n) is 8.67. The lowest BCUT2D eigenvalue weighted by Crippen LogP contribution is -2.35. The van der Waals surface area contributed by atoms with Crippen LogP contribution in [0.2, 0.25) is 0 Å². The summed E-state index contributed by atoms with van der Waals surface area (Å²) in [4.78, 5) is 12.9. The Morgan fingerprint density at radius 1 is 1.17 bits per heavy atom. The van der Waals surface area contributed by atoms with Gasteiger partial charge in [0.25, 0.3) is 0 Å². The van der Waals surface area contributed by atoms with Crippen LogP contribution >= 0.6 is 0 Å². The van der Waals surface area contributed by atoms with Crippen LogP contribution in [0.1, 0.15) is 44.7 Å². The van der Waals surface area contributed by atoms with Gasteiger partial charge in [0.15, 0.2) is 5.78 Å². The highest BCUT2D eigenvalue weighted by Gasteiger charge is 2.63. The van der Waals surface area contributed by atoms with Gasteiger partial charge in [0.1, 0.15) is 5.69 Å². The van der Waals surface area contributed by atoms with Crippen molar-refractivity contribution in [1.82, 2.24) is 4.48 Å². The Morgan fingerprint density at radius 2 is 1.83 bits per heavy atom. The van der Waals surface area contributed by atoms with Crippen molar-refractivity contribution in [2.24, 2.45) is 16.7 Å². The van der Waals surface area contributed by atoms with Gasteiger partial charge in [-0.15, -0.1) is 0 Å². The second-order valence-electron chi connectivity index (χ2n) is 9.13. The van der Waals surface area contributed by atoms with Gasteiger partial charge in [0.05, 0.1) is 21.1 Å². The molecule has 0 aliphatic heterocycles. The third-order valence-electron chi connectivity index (χ3n) is 6.63. The molecule has 0 spiro atoms. The largest absolute Gasteiger partial charge is 0.298 e. The molecule has 3 rings (SSSR count). The highest BCUT2D eigenvalue weighted by molar-refractivity contribution is 6.08. The van der Waals surface area contributed by atoms with Crippen molar-refractivity contribution in [1.29, 1.82) is 0 Å². The highest BCUT2D eigenvalue weighted by atomic mass is 16.1. The lowest BCUT2D eigenvalue weighted by atomic mass is 9.70. The molecule has 0 heterocycles. The Bertz CT molecular complexity index is 705. The molecule has 0 N–H and O–H groups in total. The van der Waals surface area contributed by atoms with Crippen molar-refractivity contribution < 1.29 is 4.79 Å². The van der Waals surface area contributed by atoms with Crippen molar-refractivity contribution in [2.75, 3.05) is 21.1 Å². The first kappa shape index (κ1) is 16.4. The molecule has 2 aliphatic carbocycles. The Balaban J connectivity index is 2.01. The molecular weight excluding hydrogens is 282 g/mol. The van der Waals surface area contributed by atoms with Crippen molar-refractivity contribution in [3.8, 4) is 0 Å². The molecule has 2 saturated carbocycles. The van der Waals surface area contributed by atoms with Crippen LogP contribution in [-0.2, 0) is 4.79 Å². The normalized spacial score (nSPS) is 31.2. The zero-order valence-electron chi connectivity index (χ0n) is 15.7. The van der Waals surface area contributed by atoms with Gasteiger partial charge in [-0.25, -0.2) is 0 Å². The van der Waals surface area contributed by atoms with Crippen LogP contribution in [0.15, 0.2) is 23.8 Å². The molecule has 2 atom stereocenters. The zero-order valence-corrected chi connectivity index (χ0v) is 15.7. The van der Waals surface area contributed by atoms with E-state index in [1.807, 2.05) is 0 Å². The first-order chi connectivity index (χ1) is 10.5. The molecule has 2 heteroatoms. The van der Waals surface area contributed by atoms with Gasteiger partial charge in [-0.05, 0) is 66.5 Å². The van der Waals surface area contributed by atoms with E-state index in [0.717, 1.165) is 28.5 Å². The summed E-state index contributed by atoms with van der Waals surface area (Å²) in [5, 5.41) is 0. The van der Waals surface area contributed by atoms with Crippen molar-refractivity contribution in [3.63, 3.8) is 0 Å². The second-order valence-corrected chi connectivity index (χ2v) is 9.13. The molecule has 0 aromatic heterocycles. The van der Waals surface area contributed by atoms with E-state index in [4.69, 9.17) is 0 Å². The molecule has 1 aromatic carbocycles. The smallest absolute Gasteiger partial charge is 0.165 e. The molecule has 2 nitrogen and oxygen atoms in total. The minimum atomic E-state index is -0.166. The summed E-state index contributed by atoms with van der Waals surface area (Å²) in [6, 6.07) is 6.58. The fourth-order valence-corrected chi connectivity index (χ4v) is 4.79. The average Bonchev–Trinajstić information content (AvgIpc) is 2.72. The SMILES string of the molecule is Cc1cc(/C=C2\C(=O)[C@@]3(C)CC[C@@H]2C3(C)C)ccc1[N+](C)(C)C. The van der Waals surface area contributed by atoms with Gasteiger partial charge in [0.2, 0.25) is 0 Å². The van der Waals surface area contributed by atoms with E-state index in [1.54, 1.807) is 0 Å². The van der Waals surface area contributed by atoms with Gasteiger partial charge >= 0.3 is 0 Å². The maximum absolute atomic E-state index is 12.9. The number of hydrogen-bond acceptors (Lipinski definition) is 1. The molecule has 0 unspecified atom stereocenters. The third-order valence-corrected chi connectivity index (χ3v) is 6.63. The minimum absolute atomic E-state index is 0.0905. The van der Waals surface area contributed by atoms with E-state index < -0.39 is 0 Å². The molecule has 1 aromatic rings. The predicted octanol–water partition coefficient (Wildman–Crippen LogP) is 4.60. The van der Waals surface area contributed by atoms with Crippen molar-refractivity contribution in [2.45, 2.75) is 40.5 Å². The lowest BCUT2D eigenvalue weighted by Gasteiger charge is -2.31. The number of nitrogens with zero attached hydrogens (tertiary/aromatic N) is 1. The number of allylic oxidation sites excluding steroid dienone is 1. The number of Topliss-reactive ketones (excluding diaryl/α,β-unsaturated/α-hetero) is 1. The van der Waals surface area contributed by atoms with Crippen LogP contribution in [0.25, 0.3) is 6.08 Å². The maximum Gasteiger partial charge on any atom is 0.165 e. The van der Waals surface area contributed by atoms with Crippen LogP contribution in [0.4, 0.5) is 5.69 Å². The number of carbonyl (C=O) groups is 1. The first-order valence-corrected chi connectivity index (χ1v) is 8.67. The lowest BCUT2D eigenvalue weighted by molar-refractivity contribution is -0.125. The summed E-state index contributed by atoms with van der Waals surface area (Å²) < 4.78 is 0.815. The van der Waals surface area contributed by atoms with Crippen LogP contribution in [-0.4, -0.2) is 26.9 Å². The molecule has 23 heavy (non-hydrogen) atoms. The highest BCUT2D eigenvalue weighted by Crippen LogP contribution is 2.65. The van der Waals surface area contributed by atoms with E-state index in [9.17, 15) is 4.79 Å². The number of carbonyl (C=O) groups excluding carboxylic acids is 1. The van der Waals surface area contributed by atoms with E-state index in [0.29, 0.717) is 11.7 Å². The molecule has 0 saturated heterocycles. The number of rotatable bonds is 2. The van der Waals surface area contributed by atoms with Crippen LogP contribution < -0.4 is 4.48 Å². The fourth-order valence-electron chi connectivity index (χ4n) is 4.79. The summed E-state index contributed by atoms with van der Waals surface area (Å²) in [5.74, 6) is 0.797. The van der Waals surface area contributed by atoms with E-state index in [1.165, 1.54) is 11.3 Å². The number of ketones is 1. The molecular formula is C21H30NO+. The number of aryl methyl sites for hydroxylation is 1. The Kier molecular flexibility index (Phi) is 3.43. The number of benzene rings is 1. The zero-order chi connectivity index (χ0) is 17.2. The van der Waals surface area contributed by atoms with E-state index in [-0.39, 0.29) is 10.8 Å². The van der Waals surface area contributed by atoms with E-state index >= 15 is 0 Å². The maximum atomic E-state index is 12.9. The number of fused-ring (bicyclic) bond motifs is 2. The average molecular weight is 312 g/mol. The quantitative estimate of drug-likeness (QED) is 0.576. The molecule has 124 valence electrons. The second kappa shape index (κ2) is 4.80. The summed E-state index contributed by atoms with van der Waals surface area (Å²) in [5.41, 5.74) is 4.75. The summed E-state index contributed by atoms with van der Waals surface area (Å²) in [6.07, 6.45) is 4.35. The fraction of sp³-hybridized carbons (Fsp3) is 0.571. The van der Waals surface area contributed by atoms with Gasteiger partial charge in [-0.3, -0.25) is 9.28 Å². The van der Waals surface area contributed by atoms with Gasteiger partial charge in [-0.2, -0.15) is 0 Å². The molecule has 2 aliphatic rings. The minimum Gasteiger partial charge on any atom is -0.298 e. The topological polar surface area (TPSA) is 17.1 Å². The Labute approximate surface area is 140 Å². The number of quaternary nitrogens is 1. The van der Waals surface area contributed by atoms with Crippen LogP contribution in [0, 0.1) is 23.7 Å². The van der Waals surface area contributed by atoms with E-state index in [2.05, 4.69) is 73.1 Å². The van der Waals surface area contributed by atoms with Crippen LogP contribution in [0.3, 0.4) is 0 Å². The Hall–Kier alpha value is -1.41. The summed E-state index contributed by atoms with van der Waals surface area (Å²) in [7, 11) is 6.55. The standard InChI is InChI=1S/C21H30NO/c1-14-12-15(8-9-18(14)22(5,6)7)13-16-17-10-11-21(4,19(16)23)20(17,2)3/h8-9,12-13,17H,10-11H2,1-7H3/q+1/b16-13-/t17-,21+/m0/s1. The Morgan fingerprint density at radius 3 is 2.30 bits per heavy atom. The van der Waals surface area contributed by atoms with Crippen molar-refractivity contribution >= 4 is 17.5 Å². The molecule has 0 radical (unpaired) electrons. The van der Waals surface area contributed by atoms with Gasteiger partial charge < -0.3 is 0 Å². The monoisotopic (exact) mass is 312 g/mol. The molecule has 0 amide bonds.